The van der Waals surface area contributed by atoms with Crippen molar-refractivity contribution in [3.63, 3.8) is 0 Å². The number of hydrogen-bond donors (Lipinski definition) is 3. The van der Waals surface area contributed by atoms with Gasteiger partial charge < -0.3 is 21.3 Å². The van der Waals surface area contributed by atoms with Gasteiger partial charge in [-0.2, -0.15) is 9.80 Å². The summed E-state index contributed by atoms with van der Waals surface area (Å²) in [6.45, 7) is 0. The molecule has 4 aliphatic rings. The maximum absolute atomic E-state index is 13.3. The number of nitrogens with zero attached hydrogens (tertiary/aromatic N) is 2. The lowest BCUT2D eigenvalue weighted by molar-refractivity contribution is -0.138. The highest BCUT2D eigenvalue weighted by Crippen LogP contribution is 2.59. The lowest BCUT2D eigenvalue weighted by atomic mass is 9.57. The Morgan fingerprint density at radius 2 is 1.51 bits per heavy atom. The van der Waals surface area contributed by atoms with Gasteiger partial charge in [0.25, 0.3) is 0 Å². The van der Waals surface area contributed by atoms with E-state index >= 15 is 0 Å². The van der Waals surface area contributed by atoms with Crippen molar-refractivity contribution in [3.05, 3.63) is 35.4 Å². The molecule has 6 atom stereocenters. The molecule has 2 aliphatic heterocycles. The summed E-state index contributed by atoms with van der Waals surface area (Å²) in [5.41, 5.74) is 11.4. The van der Waals surface area contributed by atoms with Crippen LogP contribution in [0.3, 0.4) is 0 Å². The second-order valence-corrected chi connectivity index (χ2v) is 9.12. The van der Waals surface area contributed by atoms with Crippen molar-refractivity contribution in [3.8, 4) is 11.5 Å². The van der Waals surface area contributed by atoms with Crippen LogP contribution in [-0.4, -0.2) is 57.7 Å². The van der Waals surface area contributed by atoms with Crippen LogP contribution in [0.4, 0.5) is 9.59 Å². The number of rotatable bonds is 2. The third-order valence-corrected chi connectivity index (χ3v) is 7.67. The Morgan fingerprint density at radius 1 is 0.914 bits per heavy atom. The Labute approximate surface area is 198 Å². The SMILES string of the molecule is COc1cccc(C2C3=CCC4C(=O)N(C(N)=O)C(=O)C4C3CC3C(=O)N(C(N)=O)C(=O)C32)c1O. The first-order chi connectivity index (χ1) is 16.6. The summed E-state index contributed by atoms with van der Waals surface area (Å²) >= 11 is 0. The molecule has 182 valence electrons. The highest BCUT2D eigenvalue weighted by atomic mass is 16.5. The summed E-state index contributed by atoms with van der Waals surface area (Å²) in [4.78, 5) is 76.9. The van der Waals surface area contributed by atoms with Crippen molar-refractivity contribution in [2.75, 3.05) is 7.11 Å². The number of urea groups is 2. The minimum atomic E-state index is -1.22. The van der Waals surface area contributed by atoms with Crippen LogP contribution < -0.4 is 16.2 Å². The zero-order chi connectivity index (χ0) is 25.3. The fourth-order valence-corrected chi connectivity index (χ4v) is 6.33. The van der Waals surface area contributed by atoms with Gasteiger partial charge in [-0.05, 0) is 24.8 Å². The number of primary amides is 2. The zero-order valence-corrected chi connectivity index (χ0v) is 18.5. The van der Waals surface area contributed by atoms with Crippen molar-refractivity contribution in [1.82, 2.24) is 9.80 Å². The molecule has 2 aliphatic carbocycles. The molecule has 2 heterocycles. The highest BCUT2D eigenvalue weighted by molar-refractivity contribution is 6.18. The van der Waals surface area contributed by atoms with Crippen LogP contribution in [0, 0.1) is 29.6 Å². The standard InChI is InChI=1S/C23H22N4O8/c1-35-13-4-2-3-9(17(13)28)14-8-5-6-10-15(20(31)26(18(10)29)22(24)33)11(8)7-12-16(14)21(32)27(19(12)30)23(25)34/h2-5,10-12,14-16,28H,6-7H2,1H3,(H2,24,33)(H2,25,34). The normalized spacial score (nSPS) is 31.6. The molecule has 2 saturated heterocycles. The molecular weight excluding hydrogens is 460 g/mol. The number of nitrogens with two attached hydrogens (primary N) is 2. The first-order valence-corrected chi connectivity index (χ1v) is 11.0. The highest BCUT2D eigenvalue weighted by Gasteiger charge is 2.63. The second kappa shape index (κ2) is 7.65. The molecule has 0 radical (unpaired) electrons. The van der Waals surface area contributed by atoms with Gasteiger partial charge in [0, 0.05) is 11.5 Å². The number of fused-ring (bicyclic) bond motifs is 4. The molecule has 12 nitrogen and oxygen atoms in total. The number of likely N-dealkylation sites (tertiary alicyclic amines) is 2. The van der Waals surface area contributed by atoms with Crippen molar-refractivity contribution in [2.24, 2.45) is 41.1 Å². The number of carbonyl (C=O) groups excluding carboxylic acids is 6. The average molecular weight is 482 g/mol. The summed E-state index contributed by atoms with van der Waals surface area (Å²) in [7, 11) is 1.36. The molecule has 5 rings (SSSR count). The summed E-state index contributed by atoms with van der Waals surface area (Å²) in [5.74, 6) is -8.73. The van der Waals surface area contributed by atoms with Gasteiger partial charge >= 0.3 is 12.1 Å². The fourth-order valence-electron chi connectivity index (χ4n) is 6.33. The van der Waals surface area contributed by atoms with E-state index in [1.807, 2.05) is 0 Å². The van der Waals surface area contributed by atoms with Gasteiger partial charge in [-0.1, -0.05) is 23.8 Å². The van der Waals surface area contributed by atoms with Crippen molar-refractivity contribution < 1.29 is 38.6 Å². The van der Waals surface area contributed by atoms with E-state index in [1.165, 1.54) is 13.2 Å². The van der Waals surface area contributed by atoms with Gasteiger partial charge in [0.2, 0.25) is 23.6 Å². The molecule has 6 unspecified atom stereocenters. The van der Waals surface area contributed by atoms with Crippen molar-refractivity contribution in [2.45, 2.75) is 18.8 Å². The number of imide groups is 6. The smallest absolute Gasteiger partial charge is 0.328 e. The summed E-state index contributed by atoms with van der Waals surface area (Å²) in [5, 5.41) is 10.9. The van der Waals surface area contributed by atoms with Gasteiger partial charge in [-0.25, -0.2) is 9.59 Å². The topological polar surface area (TPSA) is 190 Å². The number of benzene rings is 1. The van der Waals surface area contributed by atoms with Crippen LogP contribution in [0.1, 0.15) is 24.3 Å². The number of methoxy groups -OCH3 is 1. The van der Waals surface area contributed by atoms with Crippen molar-refractivity contribution >= 4 is 35.7 Å². The molecule has 5 N–H and O–H groups in total. The molecule has 3 fully saturated rings. The van der Waals surface area contributed by atoms with E-state index in [4.69, 9.17) is 16.2 Å². The number of aromatic hydroxyl groups is 1. The van der Waals surface area contributed by atoms with Gasteiger partial charge in [0.15, 0.2) is 11.5 Å². The van der Waals surface area contributed by atoms with E-state index in [0.29, 0.717) is 15.4 Å². The third kappa shape index (κ3) is 2.92. The van der Waals surface area contributed by atoms with Crippen LogP contribution >= 0.6 is 0 Å². The Morgan fingerprint density at radius 3 is 2.11 bits per heavy atom. The number of phenolic OH excluding ortho intramolecular Hbond substituents is 1. The third-order valence-electron chi connectivity index (χ3n) is 7.67. The number of allylic oxidation sites excluding steroid dienone is 2. The number of phenols is 1. The summed E-state index contributed by atoms with van der Waals surface area (Å²) in [6, 6.07) is 2.29. The van der Waals surface area contributed by atoms with E-state index < -0.39 is 71.2 Å². The van der Waals surface area contributed by atoms with E-state index in [9.17, 15) is 33.9 Å². The first-order valence-electron chi connectivity index (χ1n) is 11.0. The van der Waals surface area contributed by atoms with Gasteiger partial charge in [0.05, 0.1) is 30.8 Å². The molecule has 0 bridgehead atoms. The molecule has 8 amide bonds. The molecule has 1 saturated carbocycles. The monoisotopic (exact) mass is 482 g/mol. The Balaban J connectivity index is 1.69. The largest absolute Gasteiger partial charge is 0.504 e. The summed E-state index contributed by atoms with van der Waals surface area (Å²) in [6.07, 6.45) is 1.80. The van der Waals surface area contributed by atoms with Gasteiger partial charge in [-0.3, -0.25) is 19.2 Å². The first kappa shape index (κ1) is 22.6. The quantitative estimate of drug-likeness (QED) is 0.393. The molecule has 1 aromatic carbocycles. The fraction of sp³-hybridized carbons (Fsp3) is 0.391. The van der Waals surface area contributed by atoms with Crippen LogP contribution in [0.15, 0.2) is 29.8 Å². The van der Waals surface area contributed by atoms with E-state index in [-0.39, 0.29) is 29.9 Å². The molecule has 12 heteroatoms. The van der Waals surface area contributed by atoms with E-state index in [1.54, 1.807) is 18.2 Å². The predicted molar refractivity (Wildman–Crippen MR) is 115 cm³/mol. The lowest BCUT2D eigenvalue weighted by Gasteiger charge is -2.44. The number of carbonyl (C=O) groups is 6. The minimum absolute atomic E-state index is 0.0150. The molecule has 35 heavy (non-hydrogen) atoms. The molecular formula is C23H22N4O8. The lowest BCUT2D eigenvalue weighted by Crippen LogP contribution is -2.44. The second-order valence-electron chi connectivity index (χ2n) is 9.12. The van der Waals surface area contributed by atoms with Crippen molar-refractivity contribution in [1.29, 1.82) is 0 Å². The number of para-hydroxylation sites is 1. The van der Waals surface area contributed by atoms with Crippen LogP contribution in [0.25, 0.3) is 0 Å². The van der Waals surface area contributed by atoms with E-state index in [0.717, 1.165) is 0 Å². The Bertz CT molecular complexity index is 1260. The van der Waals surface area contributed by atoms with Gasteiger partial charge in [0.1, 0.15) is 0 Å². The Kier molecular flexibility index (Phi) is 4.93. The molecule has 1 aromatic rings. The van der Waals surface area contributed by atoms with Crippen LogP contribution in [0.5, 0.6) is 11.5 Å². The Hall–Kier alpha value is -4.22. The number of hydrogen-bond acceptors (Lipinski definition) is 8. The van der Waals surface area contributed by atoms with E-state index in [2.05, 4.69) is 0 Å². The maximum atomic E-state index is 13.3. The molecule has 0 aromatic heterocycles. The summed E-state index contributed by atoms with van der Waals surface area (Å²) < 4.78 is 5.21. The van der Waals surface area contributed by atoms with Crippen LogP contribution in [-0.2, 0) is 19.2 Å². The minimum Gasteiger partial charge on any atom is -0.504 e. The number of amides is 8. The predicted octanol–water partition coefficient (Wildman–Crippen LogP) is 0.194. The average Bonchev–Trinajstić information content (AvgIpc) is 3.22. The maximum Gasteiger partial charge on any atom is 0.328 e. The number of ether oxygens (including phenoxy) is 1. The molecule has 0 spiro atoms. The van der Waals surface area contributed by atoms with Gasteiger partial charge in [-0.15, -0.1) is 0 Å². The van der Waals surface area contributed by atoms with Crippen LogP contribution in [0.2, 0.25) is 0 Å². The zero-order valence-electron chi connectivity index (χ0n) is 18.5.